The highest BCUT2D eigenvalue weighted by molar-refractivity contribution is 5.82. The molecule has 0 bridgehead atoms. The van der Waals surface area contributed by atoms with Crippen molar-refractivity contribution < 1.29 is 9.53 Å². The molecule has 29 heavy (non-hydrogen) atoms. The number of carbonyl (C=O) groups excluding carboxylic acids is 1. The third-order valence-corrected chi connectivity index (χ3v) is 5.17. The molecule has 0 aliphatic rings. The van der Waals surface area contributed by atoms with Crippen LogP contribution in [0.25, 0.3) is 11.4 Å². The minimum atomic E-state index is -0.00836. The molecule has 0 aliphatic carbocycles. The average molecular weight is 400 g/mol. The minimum Gasteiger partial charge on any atom is -0.462 e. The number of nitrogens with zero attached hydrogens (tertiary/aromatic N) is 3. The van der Waals surface area contributed by atoms with Gasteiger partial charge in [0.15, 0.2) is 5.82 Å². The van der Waals surface area contributed by atoms with Crippen LogP contribution in [0, 0.1) is 0 Å². The average Bonchev–Trinajstić information content (AvgIpc) is 3.17. The molecule has 0 aliphatic heterocycles. The van der Waals surface area contributed by atoms with Gasteiger partial charge in [-0.25, -0.2) is 0 Å². The number of unbranched alkanes of at least 4 members (excludes halogenated alkanes) is 7. The van der Waals surface area contributed by atoms with E-state index in [0.717, 1.165) is 37.7 Å². The molecule has 0 saturated carbocycles. The van der Waals surface area contributed by atoms with E-state index in [4.69, 9.17) is 4.74 Å². The fourth-order valence-corrected chi connectivity index (χ4v) is 3.25. The zero-order valence-electron chi connectivity index (χ0n) is 18.5. The number of ether oxygens (including phenoxy) is 1. The number of hydrogen-bond acceptors (Lipinski definition) is 4. The van der Waals surface area contributed by atoms with Gasteiger partial charge in [-0.15, -0.1) is 5.10 Å². The summed E-state index contributed by atoms with van der Waals surface area (Å²) in [5.74, 6) is 0.568. The van der Waals surface area contributed by atoms with E-state index in [1.165, 1.54) is 42.3 Å². The third-order valence-electron chi connectivity index (χ3n) is 5.17. The van der Waals surface area contributed by atoms with Crippen LogP contribution in [-0.2, 0) is 6.42 Å². The first-order valence-corrected chi connectivity index (χ1v) is 11.4. The maximum absolute atomic E-state index is 12.8. The number of benzene rings is 1. The van der Waals surface area contributed by atoms with Crippen molar-refractivity contribution in [2.45, 2.75) is 91.4 Å². The van der Waals surface area contributed by atoms with Gasteiger partial charge in [0.2, 0.25) is 5.91 Å². The molecule has 1 aromatic carbocycles. The van der Waals surface area contributed by atoms with Crippen LogP contribution >= 0.6 is 0 Å². The van der Waals surface area contributed by atoms with Gasteiger partial charge < -0.3 is 4.74 Å². The molecule has 2 aromatic rings. The normalized spacial score (nSPS) is 11.0. The number of carbonyl (C=O) groups is 1. The molecule has 5 heteroatoms. The fraction of sp³-hybridized carbons (Fsp3) is 0.625. The molecule has 0 unspecified atom stereocenters. The van der Waals surface area contributed by atoms with Crippen molar-refractivity contribution in [3.05, 3.63) is 29.8 Å². The second kappa shape index (κ2) is 13.1. The maximum atomic E-state index is 12.8. The Kier molecular flexibility index (Phi) is 10.5. The lowest BCUT2D eigenvalue weighted by molar-refractivity contribution is 0.0882. The minimum absolute atomic E-state index is 0.00836. The summed E-state index contributed by atoms with van der Waals surface area (Å²) in [6.07, 6.45) is 11.8. The number of hydrogen-bond donors (Lipinski definition) is 0. The quantitative estimate of drug-likeness (QED) is 0.342. The summed E-state index contributed by atoms with van der Waals surface area (Å²) < 4.78 is 7.11. The molecule has 1 aromatic heterocycles. The highest BCUT2D eigenvalue weighted by atomic mass is 16.5. The van der Waals surface area contributed by atoms with Crippen LogP contribution in [0.5, 0.6) is 6.01 Å². The van der Waals surface area contributed by atoms with Gasteiger partial charge in [0.1, 0.15) is 0 Å². The largest absolute Gasteiger partial charge is 0.462 e. The zero-order valence-corrected chi connectivity index (χ0v) is 18.5. The monoisotopic (exact) mass is 399 g/mol. The van der Waals surface area contributed by atoms with E-state index < -0.39 is 0 Å². The standard InChI is InChI=1S/C24H37N3O2/c1-4-7-9-10-11-12-13-14-22(28)27-23(21-17-15-20(6-3)16-18-21)25-24(26-27)29-19-8-5-2/h15-18H,4-14,19H2,1-3H3. The van der Waals surface area contributed by atoms with Crippen molar-refractivity contribution in [2.75, 3.05) is 6.61 Å². The van der Waals surface area contributed by atoms with Crippen LogP contribution in [0.15, 0.2) is 24.3 Å². The van der Waals surface area contributed by atoms with Crippen LogP contribution in [0.3, 0.4) is 0 Å². The molecule has 0 amide bonds. The van der Waals surface area contributed by atoms with Gasteiger partial charge in [-0.3, -0.25) is 4.79 Å². The summed E-state index contributed by atoms with van der Waals surface area (Å²) in [5, 5.41) is 4.37. The Morgan fingerprint density at radius 1 is 0.897 bits per heavy atom. The molecule has 160 valence electrons. The lowest BCUT2D eigenvalue weighted by Crippen LogP contribution is -2.14. The Bertz CT molecular complexity index is 722. The van der Waals surface area contributed by atoms with Gasteiger partial charge in [0.25, 0.3) is 0 Å². The molecule has 0 fully saturated rings. The molecule has 1 heterocycles. The van der Waals surface area contributed by atoms with Crippen molar-refractivity contribution in [3.8, 4) is 17.4 Å². The summed E-state index contributed by atoms with van der Waals surface area (Å²) in [5.41, 5.74) is 2.15. The predicted molar refractivity (Wildman–Crippen MR) is 118 cm³/mol. The summed E-state index contributed by atoms with van der Waals surface area (Å²) in [4.78, 5) is 17.4. The van der Waals surface area contributed by atoms with Gasteiger partial charge in [-0.2, -0.15) is 9.67 Å². The Labute approximate surface area is 175 Å². The van der Waals surface area contributed by atoms with Crippen LogP contribution in [0.2, 0.25) is 0 Å². The molecular weight excluding hydrogens is 362 g/mol. The Hall–Kier alpha value is -2.17. The summed E-state index contributed by atoms with van der Waals surface area (Å²) in [7, 11) is 0. The summed E-state index contributed by atoms with van der Waals surface area (Å²) in [6.45, 7) is 7.04. The van der Waals surface area contributed by atoms with Crippen LogP contribution < -0.4 is 4.74 Å². The van der Waals surface area contributed by atoms with Gasteiger partial charge >= 0.3 is 6.01 Å². The molecular formula is C24H37N3O2. The second-order valence-electron chi connectivity index (χ2n) is 7.65. The Morgan fingerprint density at radius 2 is 1.55 bits per heavy atom. The lowest BCUT2D eigenvalue weighted by atomic mass is 10.1. The van der Waals surface area contributed by atoms with E-state index in [2.05, 4.69) is 43.0 Å². The fourth-order valence-electron chi connectivity index (χ4n) is 3.25. The highest BCUT2D eigenvalue weighted by Crippen LogP contribution is 2.22. The van der Waals surface area contributed by atoms with Crippen LogP contribution in [0.1, 0.15) is 95.3 Å². The maximum Gasteiger partial charge on any atom is 0.336 e. The Morgan fingerprint density at radius 3 is 2.21 bits per heavy atom. The van der Waals surface area contributed by atoms with Gasteiger partial charge in [-0.1, -0.05) is 90.0 Å². The molecule has 2 rings (SSSR count). The third kappa shape index (κ3) is 7.64. The summed E-state index contributed by atoms with van der Waals surface area (Å²) in [6, 6.07) is 8.47. The lowest BCUT2D eigenvalue weighted by Gasteiger charge is -2.06. The van der Waals surface area contributed by atoms with Crippen LogP contribution in [-0.4, -0.2) is 27.3 Å². The van der Waals surface area contributed by atoms with Gasteiger partial charge in [0, 0.05) is 12.0 Å². The van der Waals surface area contributed by atoms with E-state index in [1.807, 2.05) is 12.1 Å². The molecule has 0 atom stereocenters. The molecule has 0 spiro atoms. The topological polar surface area (TPSA) is 57.0 Å². The van der Waals surface area contributed by atoms with Crippen molar-refractivity contribution >= 4 is 5.91 Å². The first-order valence-electron chi connectivity index (χ1n) is 11.4. The van der Waals surface area contributed by atoms with E-state index in [-0.39, 0.29) is 5.91 Å². The van der Waals surface area contributed by atoms with Crippen molar-refractivity contribution in [3.63, 3.8) is 0 Å². The van der Waals surface area contributed by atoms with E-state index >= 15 is 0 Å². The van der Waals surface area contributed by atoms with Gasteiger partial charge in [-0.05, 0) is 24.8 Å². The SMILES string of the molecule is CCCCCCCCCC(=O)n1nc(OCCCC)nc1-c1ccc(CC)cc1. The van der Waals surface area contributed by atoms with E-state index in [0.29, 0.717) is 24.9 Å². The van der Waals surface area contributed by atoms with Crippen molar-refractivity contribution in [1.29, 1.82) is 0 Å². The number of aromatic nitrogens is 3. The first-order chi connectivity index (χ1) is 14.2. The molecule has 0 radical (unpaired) electrons. The Balaban J connectivity index is 2.03. The van der Waals surface area contributed by atoms with Crippen molar-refractivity contribution in [1.82, 2.24) is 14.8 Å². The molecule has 5 nitrogen and oxygen atoms in total. The van der Waals surface area contributed by atoms with E-state index in [1.54, 1.807) is 0 Å². The van der Waals surface area contributed by atoms with Crippen LogP contribution in [0.4, 0.5) is 0 Å². The van der Waals surface area contributed by atoms with Gasteiger partial charge in [0.05, 0.1) is 6.61 Å². The number of rotatable bonds is 14. The molecule has 0 N–H and O–H groups in total. The highest BCUT2D eigenvalue weighted by Gasteiger charge is 2.18. The number of aryl methyl sites for hydroxylation is 1. The smallest absolute Gasteiger partial charge is 0.336 e. The van der Waals surface area contributed by atoms with E-state index in [9.17, 15) is 4.79 Å². The first kappa shape index (κ1) is 23.1. The second-order valence-corrected chi connectivity index (χ2v) is 7.65. The summed E-state index contributed by atoms with van der Waals surface area (Å²) >= 11 is 0. The molecule has 0 saturated heterocycles. The van der Waals surface area contributed by atoms with Crippen molar-refractivity contribution in [2.24, 2.45) is 0 Å². The predicted octanol–water partition coefficient (Wildman–Crippen LogP) is 6.47. The zero-order chi connectivity index (χ0) is 20.9.